The van der Waals surface area contributed by atoms with Crippen LogP contribution >= 0.6 is 0 Å². The van der Waals surface area contributed by atoms with Crippen molar-refractivity contribution in [2.75, 3.05) is 7.11 Å². The molecule has 0 saturated heterocycles. The summed E-state index contributed by atoms with van der Waals surface area (Å²) in [5.74, 6) is 0.824. The highest BCUT2D eigenvalue weighted by atomic mass is 28.3. The summed E-state index contributed by atoms with van der Waals surface area (Å²) in [5.41, 5.74) is 1.99. The van der Waals surface area contributed by atoms with Gasteiger partial charge >= 0.3 is 0 Å². The summed E-state index contributed by atoms with van der Waals surface area (Å²) in [5, 5.41) is 8.38. The van der Waals surface area contributed by atoms with Crippen LogP contribution in [0.15, 0.2) is 18.2 Å². The normalized spacial score (nSPS) is 12.0. The molecule has 0 aliphatic heterocycles. The molecule has 2 aromatic rings. The van der Waals surface area contributed by atoms with Gasteiger partial charge < -0.3 is 4.74 Å². The lowest BCUT2D eigenvalue weighted by molar-refractivity contribution is 0.415. The summed E-state index contributed by atoms with van der Waals surface area (Å²) in [4.78, 5) is 0. The van der Waals surface area contributed by atoms with Crippen LogP contribution in [-0.2, 0) is 0 Å². The molecule has 0 N–H and O–H groups in total. The Morgan fingerprint density at radius 2 is 2.00 bits per heavy atom. The molecule has 80 valence electrons. The summed E-state index contributed by atoms with van der Waals surface area (Å²) in [7, 11) is 0.186. The molecule has 1 aromatic carbocycles. The summed E-state index contributed by atoms with van der Waals surface area (Å²) < 4.78 is 7.21. The lowest BCUT2D eigenvalue weighted by Crippen LogP contribution is -2.33. The Kier molecular flexibility index (Phi) is 2.26. The molecule has 0 bridgehead atoms. The van der Waals surface area contributed by atoms with E-state index in [1.807, 2.05) is 18.2 Å². The molecule has 0 radical (unpaired) electrons. The van der Waals surface area contributed by atoms with Gasteiger partial charge in [0.15, 0.2) is 8.24 Å². The lowest BCUT2D eigenvalue weighted by Gasteiger charge is -2.16. The van der Waals surface area contributed by atoms with E-state index in [-0.39, 0.29) is 0 Å². The molecular formula is C10H15N3OSi. The van der Waals surface area contributed by atoms with Gasteiger partial charge in [0.1, 0.15) is 11.3 Å². The fraction of sp³-hybridized carbons (Fsp3) is 0.400. The predicted octanol–water partition coefficient (Wildman–Crippen LogP) is 2.12. The van der Waals surface area contributed by atoms with Crippen molar-refractivity contribution in [2.24, 2.45) is 0 Å². The van der Waals surface area contributed by atoms with Gasteiger partial charge in [0.25, 0.3) is 0 Å². The molecule has 0 atom stereocenters. The monoisotopic (exact) mass is 221 g/mol. The zero-order valence-electron chi connectivity index (χ0n) is 9.48. The quantitative estimate of drug-likeness (QED) is 0.729. The minimum atomic E-state index is -1.47. The summed E-state index contributed by atoms with van der Waals surface area (Å²) in [6.07, 6.45) is 0. The number of aromatic nitrogens is 3. The van der Waals surface area contributed by atoms with Crippen LogP contribution in [0.5, 0.6) is 5.75 Å². The Hall–Kier alpha value is -1.36. The molecule has 0 aliphatic rings. The van der Waals surface area contributed by atoms with E-state index >= 15 is 0 Å². The van der Waals surface area contributed by atoms with Crippen LogP contribution < -0.4 is 4.74 Å². The van der Waals surface area contributed by atoms with Gasteiger partial charge in [-0.15, -0.1) is 5.10 Å². The first kappa shape index (κ1) is 10.2. The van der Waals surface area contributed by atoms with E-state index in [4.69, 9.17) is 4.74 Å². The molecule has 2 rings (SSSR count). The Bertz CT molecular complexity index is 487. The Morgan fingerprint density at radius 3 is 2.60 bits per heavy atom. The Morgan fingerprint density at radius 1 is 1.27 bits per heavy atom. The van der Waals surface area contributed by atoms with Crippen LogP contribution in [0.25, 0.3) is 11.0 Å². The number of ether oxygens (including phenoxy) is 1. The first-order chi connectivity index (χ1) is 7.02. The van der Waals surface area contributed by atoms with Crippen LogP contribution in [-0.4, -0.2) is 30.0 Å². The number of fused-ring (bicyclic) bond motifs is 1. The van der Waals surface area contributed by atoms with E-state index in [9.17, 15) is 0 Å². The first-order valence-corrected chi connectivity index (χ1v) is 8.37. The lowest BCUT2D eigenvalue weighted by atomic mass is 10.3. The summed E-state index contributed by atoms with van der Waals surface area (Å²) in [6.45, 7) is 6.72. The van der Waals surface area contributed by atoms with Crippen molar-refractivity contribution in [1.82, 2.24) is 14.7 Å². The predicted molar refractivity (Wildman–Crippen MR) is 62.8 cm³/mol. The molecule has 0 spiro atoms. The molecule has 0 aliphatic carbocycles. The van der Waals surface area contributed by atoms with Crippen molar-refractivity contribution in [3.05, 3.63) is 18.2 Å². The molecule has 15 heavy (non-hydrogen) atoms. The molecule has 0 fully saturated rings. The zero-order chi connectivity index (χ0) is 11.1. The van der Waals surface area contributed by atoms with Gasteiger partial charge in [-0.3, -0.25) is 4.35 Å². The van der Waals surface area contributed by atoms with Crippen LogP contribution in [0.2, 0.25) is 19.6 Å². The largest absolute Gasteiger partial charge is 0.497 e. The molecular weight excluding hydrogens is 206 g/mol. The average Bonchev–Trinajstić information content (AvgIpc) is 2.59. The molecule has 5 heteroatoms. The second-order valence-electron chi connectivity index (χ2n) is 4.53. The van der Waals surface area contributed by atoms with E-state index in [0.29, 0.717) is 0 Å². The number of methoxy groups -OCH3 is 1. The first-order valence-electron chi connectivity index (χ1n) is 4.92. The Labute approximate surface area is 89.9 Å². The summed E-state index contributed by atoms with van der Waals surface area (Å²) in [6, 6.07) is 5.88. The molecule has 0 unspecified atom stereocenters. The van der Waals surface area contributed by atoms with Gasteiger partial charge in [-0.25, -0.2) is 0 Å². The molecule has 0 amide bonds. The van der Waals surface area contributed by atoms with E-state index < -0.39 is 8.24 Å². The second-order valence-corrected chi connectivity index (χ2v) is 9.29. The third kappa shape index (κ3) is 1.74. The van der Waals surface area contributed by atoms with Crippen molar-refractivity contribution < 1.29 is 4.74 Å². The Balaban J connectivity index is 2.62. The van der Waals surface area contributed by atoms with Gasteiger partial charge in [-0.2, -0.15) is 0 Å². The van der Waals surface area contributed by atoms with Crippen LogP contribution in [0.3, 0.4) is 0 Å². The van der Waals surface area contributed by atoms with Crippen LogP contribution in [0.4, 0.5) is 0 Å². The van der Waals surface area contributed by atoms with E-state index in [1.165, 1.54) is 0 Å². The van der Waals surface area contributed by atoms with Crippen molar-refractivity contribution in [3.63, 3.8) is 0 Å². The maximum atomic E-state index is 5.15. The fourth-order valence-corrected chi connectivity index (χ4v) is 2.75. The molecule has 0 saturated carbocycles. The van der Waals surface area contributed by atoms with Crippen LogP contribution in [0.1, 0.15) is 0 Å². The third-order valence-electron chi connectivity index (χ3n) is 2.29. The molecule has 4 nitrogen and oxygen atoms in total. The van der Waals surface area contributed by atoms with Crippen molar-refractivity contribution in [3.8, 4) is 5.75 Å². The van der Waals surface area contributed by atoms with Crippen molar-refractivity contribution in [2.45, 2.75) is 19.6 Å². The molecule has 1 aromatic heterocycles. The number of hydrogen-bond acceptors (Lipinski definition) is 3. The van der Waals surface area contributed by atoms with Crippen molar-refractivity contribution in [1.29, 1.82) is 0 Å². The number of benzene rings is 1. The smallest absolute Gasteiger partial charge is 0.179 e. The highest BCUT2D eigenvalue weighted by Gasteiger charge is 2.20. The van der Waals surface area contributed by atoms with E-state index in [2.05, 4.69) is 34.3 Å². The zero-order valence-corrected chi connectivity index (χ0v) is 10.5. The SMILES string of the molecule is COc1ccc2c(c1)nnn2[Si](C)(C)C. The van der Waals surface area contributed by atoms with Crippen LogP contribution in [0, 0.1) is 0 Å². The van der Waals surface area contributed by atoms with Gasteiger partial charge in [-0.1, -0.05) is 5.21 Å². The number of nitrogens with zero attached hydrogens (tertiary/aromatic N) is 3. The average molecular weight is 221 g/mol. The number of rotatable bonds is 2. The third-order valence-corrected chi connectivity index (χ3v) is 3.89. The maximum Gasteiger partial charge on any atom is 0.179 e. The van der Waals surface area contributed by atoms with Gasteiger partial charge in [0, 0.05) is 6.07 Å². The minimum Gasteiger partial charge on any atom is -0.497 e. The minimum absolute atomic E-state index is 0.824. The standard InChI is InChI=1S/C10H15N3OSi/c1-14-8-5-6-10-9(7-8)11-12-13(10)15(2,3)4/h5-7H,1-4H3. The number of hydrogen-bond donors (Lipinski definition) is 0. The van der Waals surface area contributed by atoms with Crippen molar-refractivity contribution >= 4 is 19.3 Å². The highest BCUT2D eigenvalue weighted by molar-refractivity contribution is 6.74. The maximum absolute atomic E-state index is 5.15. The topological polar surface area (TPSA) is 39.9 Å². The summed E-state index contributed by atoms with van der Waals surface area (Å²) >= 11 is 0. The van der Waals surface area contributed by atoms with Gasteiger partial charge in [-0.05, 0) is 31.8 Å². The fourth-order valence-electron chi connectivity index (χ4n) is 1.53. The van der Waals surface area contributed by atoms with Gasteiger partial charge in [0.05, 0.1) is 12.6 Å². The van der Waals surface area contributed by atoms with E-state index in [0.717, 1.165) is 16.8 Å². The highest BCUT2D eigenvalue weighted by Crippen LogP contribution is 2.20. The molecule has 1 heterocycles. The van der Waals surface area contributed by atoms with Gasteiger partial charge in [0.2, 0.25) is 0 Å². The second kappa shape index (κ2) is 3.34. The van der Waals surface area contributed by atoms with E-state index in [1.54, 1.807) is 7.11 Å².